The quantitative estimate of drug-likeness (QED) is 0.804. The molecule has 2 heterocycles. The Morgan fingerprint density at radius 3 is 2.85 bits per heavy atom. The first-order valence-corrected chi connectivity index (χ1v) is 6.68. The molecule has 5 nitrogen and oxygen atoms in total. The van der Waals surface area contributed by atoms with Gasteiger partial charge in [0.25, 0.3) is 0 Å². The first kappa shape index (κ1) is 12.9. The minimum absolute atomic E-state index is 0.0435. The molecule has 1 N–H and O–H groups in total. The van der Waals surface area contributed by atoms with Gasteiger partial charge in [-0.1, -0.05) is 29.8 Å². The zero-order valence-corrected chi connectivity index (χ0v) is 12.0. The molecule has 20 heavy (non-hydrogen) atoms. The van der Waals surface area contributed by atoms with Gasteiger partial charge in [0.05, 0.1) is 17.6 Å². The number of fused-ring (bicyclic) bond motifs is 1. The van der Waals surface area contributed by atoms with E-state index in [4.69, 9.17) is 11.6 Å². The summed E-state index contributed by atoms with van der Waals surface area (Å²) in [6.07, 6.45) is 3.29. The van der Waals surface area contributed by atoms with E-state index in [9.17, 15) is 0 Å². The second-order valence-corrected chi connectivity index (χ2v) is 5.02. The Hall–Kier alpha value is -2.14. The van der Waals surface area contributed by atoms with E-state index in [2.05, 4.69) is 20.4 Å². The molecular weight excluding hydrogens is 274 g/mol. The van der Waals surface area contributed by atoms with Crippen LogP contribution in [0.25, 0.3) is 11.0 Å². The normalized spacial score (nSPS) is 12.6. The highest BCUT2D eigenvalue weighted by atomic mass is 35.5. The highest BCUT2D eigenvalue weighted by molar-refractivity contribution is 6.31. The zero-order valence-electron chi connectivity index (χ0n) is 11.2. The third-order valence-electron chi connectivity index (χ3n) is 3.25. The summed E-state index contributed by atoms with van der Waals surface area (Å²) >= 11 is 6.22. The van der Waals surface area contributed by atoms with E-state index in [1.165, 1.54) is 6.33 Å². The molecule has 0 saturated carbocycles. The van der Waals surface area contributed by atoms with Gasteiger partial charge in [-0.15, -0.1) is 0 Å². The predicted molar refractivity (Wildman–Crippen MR) is 79.8 cm³/mol. The van der Waals surface area contributed by atoms with Gasteiger partial charge in [0.1, 0.15) is 12.1 Å². The van der Waals surface area contributed by atoms with Crippen LogP contribution in [0.5, 0.6) is 0 Å². The Morgan fingerprint density at radius 1 is 1.25 bits per heavy atom. The Morgan fingerprint density at radius 2 is 2.05 bits per heavy atom. The first-order valence-electron chi connectivity index (χ1n) is 6.30. The maximum atomic E-state index is 6.22. The van der Waals surface area contributed by atoms with Crippen LogP contribution >= 0.6 is 11.6 Å². The van der Waals surface area contributed by atoms with E-state index in [0.717, 1.165) is 27.4 Å². The summed E-state index contributed by atoms with van der Waals surface area (Å²) in [5, 5.41) is 9.21. The fourth-order valence-corrected chi connectivity index (χ4v) is 2.49. The molecule has 0 aliphatic rings. The third-order valence-corrected chi connectivity index (χ3v) is 3.60. The van der Waals surface area contributed by atoms with E-state index >= 15 is 0 Å². The molecule has 0 amide bonds. The predicted octanol–water partition coefficient (Wildman–Crippen LogP) is 3.19. The van der Waals surface area contributed by atoms with Crippen LogP contribution in [0.15, 0.2) is 36.8 Å². The van der Waals surface area contributed by atoms with E-state index in [1.807, 2.05) is 38.2 Å². The Labute approximate surface area is 121 Å². The molecule has 2 aromatic heterocycles. The molecule has 0 bridgehead atoms. The highest BCUT2D eigenvalue weighted by Crippen LogP contribution is 2.27. The van der Waals surface area contributed by atoms with Crippen LogP contribution in [0.2, 0.25) is 5.02 Å². The van der Waals surface area contributed by atoms with Crippen molar-refractivity contribution in [1.29, 1.82) is 0 Å². The molecule has 1 unspecified atom stereocenters. The maximum Gasteiger partial charge on any atom is 0.163 e. The lowest BCUT2D eigenvalue weighted by atomic mass is 10.1. The van der Waals surface area contributed by atoms with Gasteiger partial charge in [-0.2, -0.15) is 5.10 Å². The first-order chi connectivity index (χ1) is 9.66. The second kappa shape index (κ2) is 5.09. The van der Waals surface area contributed by atoms with Crippen LogP contribution < -0.4 is 5.32 Å². The number of hydrogen-bond acceptors (Lipinski definition) is 4. The zero-order chi connectivity index (χ0) is 14.1. The van der Waals surface area contributed by atoms with Gasteiger partial charge in [-0.3, -0.25) is 4.68 Å². The average Bonchev–Trinajstić information content (AvgIpc) is 2.82. The molecule has 6 heteroatoms. The summed E-state index contributed by atoms with van der Waals surface area (Å²) in [6, 6.07) is 7.82. The third kappa shape index (κ3) is 2.20. The Bertz CT molecular complexity index is 752. The van der Waals surface area contributed by atoms with Crippen molar-refractivity contribution in [2.45, 2.75) is 13.0 Å². The van der Waals surface area contributed by atoms with Crippen molar-refractivity contribution in [2.75, 3.05) is 5.32 Å². The lowest BCUT2D eigenvalue weighted by Crippen LogP contribution is -2.09. The number of anilines is 1. The fraction of sp³-hybridized carbons (Fsp3) is 0.214. The number of nitrogens with zero attached hydrogens (tertiary/aromatic N) is 4. The van der Waals surface area contributed by atoms with Crippen molar-refractivity contribution in [3.8, 4) is 0 Å². The molecule has 0 spiro atoms. The molecule has 3 rings (SSSR count). The lowest BCUT2D eigenvalue weighted by Gasteiger charge is -2.16. The number of nitrogens with one attached hydrogen (secondary N) is 1. The second-order valence-electron chi connectivity index (χ2n) is 4.62. The number of benzene rings is 1. The van der Waals surface area contributed by atoms with Crippen molar-refractivity contribution < 1.29 is 0 Å². The van der Waals surface area contributed by atoms with Crippen LogP contribution in [0.1, 0.15) is 18.5 Å². The van der Waals surface area contributed by atoms with E-state index in [-0.39, 0.29) is 6.04 Å². The Balaban J connectivity index is 1.95. The van der Waals surface area contributed by atoms with E-state index in [1.54, 1.807) is 10.9 Å². The number of aromatic nitrogens is 4. The van der Waals surface area contributed by atoms with Gasteiger partial charge in [-0.05, 0) is 18.6 Å². The van der Waals surface area contributed by atoms with Gasteiger partial charge >= 0.3 is 0 Å². The van der Waals surface area contributed by atoms with Crippen LogP contribution in [0, 0.1) is 0 Å². The van der Waals surface area contributed by atoms with Crippen molar-refractivity contribution >= 4 is 28.5 Å². The number of hydrogen-bond donors (Lipinski definition) is 1. The summed E-state index contributed by atoms with van der Waals surface area (Å²) in [5.41, 5.74) is 1.83. The van der Waals surface area contributed by atoms with Crippen molar-refractivity contribution in [3.05, 3.63) is 47.4 Å². The number of aryl methyl sites for hydroxylation is 1. The summed E-state index contributed by atoms with van der Waals surface area (Å²) in [4.78, 5) is 8.52. The molecule has 0 fully saturated rings. The average molecular weight is 288 g/mol. The molecule has 3 aromatic rings. The number of halogens is 1. The van der Waals surface area contributed by atoms with Gasteiger partial charge < -0.3 is 5.32 Å². The molecule has 1 atom stereocenters. The molecule has 1 aromatic carbocycles. The Kier molecular flexibility index (Phi) is 3.28. The standard InChI is InChI=1S/C14H14ClN5/c1-9(10-5-3-4-6-12(10)15)19-13-11-7-18-20(2)14(11)17-8-16-13/h3-9H,1-2H3,(H,16,17,19). The molecule has 102 valence electrons. The monoisotopic (exact) mass is 287 g/mol. The smallest absolute Gasteiger partial charge is 0.163 e. The minimum atomic E-state index is 0.0435. The lowest BCUT2D eigenvalue weighted by molar-refractivity contribution is 0.785. The van der Waals surface area contributed by atoms with Gasteiger partial charge in [-0.25, -0.2) is 9.97 Å². The maximum absolute atomic E-state index is 6.22. The van der Waals surface area contributed by atoms with Crippen LogP contribution in [-0.2, 0) is 7.05 Å². The summed E-state index contributed by atoms with van der Waals surface area (Å²) in [5.74, 6) is 0.760. The van der Waals surface area contributed by atoms with Gasteiger partial charge in [0, 0.05) is 12.1 Å². The molecular formula is C14H14ClN5. The van der Waals surface area contributed by atoms with Crippen LogP contribution in [-0.4, -0.2) is 19.7 Å². The largest absolute Gasteiger partial charge is 0.363 e. The molecule has 0 radical (unpaired) electrons. The molecule has 0 aliphatic carbocycles. The van der Waals surface area contributed by atoms with E-state index in [0.29, 0.717) is 0 Å². The van der Waals surface area contributed by atoms with Gasteiger partial charge in [0.2, 0.25) is 0 Å². The van der Waals surface area contributed by atoms with Crippen LogP contribution in [0.3, 0.4) is 0 Å². The summed E-state index contributed by atoms with van der Waals surface area (Å²) in [6.45, 7) is 2.05. The molecule has 0 saturated heterocycles. The fourth-order valence-electron chi connectivity index (χ4n) is 2.19. The van der Waals surface area contributed by atoms with Crippen molar-refractivity contribution in [1.82, 2.24) is 19.7 Å². The highest BCUT2D eigenvalue weighted by Gasteiger charge is 2.13. The van der Waals surface area contributed by atoms with Crippen molar-refractivity contribution in [2.24, 2.45) is 7.05 Å². The van der Waals surface area contributed by atoms with Gasteiger partial charge in [0.15, 0.2) is 5.65 Å². The SMILES string of the molecule is CC(Nc1ncnc2c1cnn2C)c1ccccc1Cl. The minimum Gasteiger partial charge on any atom is -0.363 e. The molecule has 0 aliphatic heterocycles. The number of rotatable bonds is 3. The summed E-state index contributed by atoms with van der Waals surface area (Å²) < 4.78 is 1.72. The topological polar surface area (TPSA) is 55.6 Å². The van der Waals surface area contributed by atoms with Crippen LogP contribution in [0.4, 0.5) is 5.82 Å². The summed E-state index contributed by atoms with van der Waals surface area (Å²) in [7, 11) is 1.86. The van der Waals surface area contributed by atoms with E-state index < -0.39 is 0 Å². The van der Waals surface area contributed by atoms with Crippen molar-refractivity contribution in [3.63, 3.8) is 0 Å².